The molecule has 0 aliphatic carbocycles. The van der Waals surface area contributed by atoms with Crippen molar-refractivity contribution in [3.63, 3.8) is 0 Å². The average molecular weight is 402 g/mol. The van der Waals surface area contributed by atoms with E-state index in [9.17, 15) is 9.18 Å². The van der Waals surface area contributed by atoms with Crippen molar-refractivity contribution >= 4 is 11.6 Å². The average Bonchev–Trinajstić information content (AvgIpc) is 3.19. The molecule has 4 rings (SSSR count). The summed E-state index contributed by atoms with van der Waals surface area (Å²) in [4.78, 5) is 16.9. The molecule has 0 aliphatic rings. The molecule has 150 valence electrons. The molecule has 1 heterocycles. The zero-order chi connectivity index (χ0) is 21.1. The van der Waals surface area contributed by atoms with E-state index < -0.39 is 0 Å². The SMILES string of the molecule is COc1nc(-c2ccc(F)cc2)n(-c2cccc(NC(=O)c3ccc(C)cc3)c2)n1. The lowest BCUT2D eigenvalue weighted by Gasteiger charge is -2.09. The van der Waals surface area contributed by atoms with Crippen LogP contribution in [0.2, 0.25) is 0 Å². The first kappa shape index (κ1) is 19.3. The molecule has 30 heavy (non-hydrogen) atoms. The number of halogens is 1. The Morgan fingerprint density at radius 1 is 1.03 bits per heavy atom. The molecule has 1 aromatic heterocycles. The van der Waals surface area contributed by atoms with Gasteiger partial charge in [-0.05, 0) is 61.5 Å². The smallest absolute Gasteiger partial charge is 0.336 e. The highest BCUT2D eigenvalue weighted by Crippen LogP contribution is 2.25. The van der Waals surface area contributed by atoms with E-state index in [1.807, 2.05) is 31.2 Å². The molecular weight excluding hydrogens is 383 g/mol. The number of aryl methyl sites for hydroxylation is 1. The number of anilines is 1. The zero-order valence-electron chi connectivity index (χ0n) is 16.5. The first-order valence-corrected chi connectivity index (χ1v) is 9.29. The molecule has 0 spiro atoms. The largest absolute Gasteiger partial charge is 0.466 e. The lowest BCUT2D eigenvalue weighted by atomic mass is 10.1. The fourth-order valence-corrected chi connectivity index (χ4v) is 2.97. The molecular formula is C23H19FN4O2. The number of carbonyl (C=O) groups is 1. The van der Waals surface area contributed by atoms with Crippen LogP contribution in [0.3, 0.4) is 0 Å². The van der Waals surface area contributed by atoms with Gasteiger partial charge < -0.3 is 10.1 Å². The third-order valence-electron chi connectivity index (χ3n) is 4.54. The minimum Gasteiger partial charge on any atom is -0.466 e. The van der Waals surface area contributed by atoms with Crippen LogP contribution in [0.4, 0.5) is 10.1 Å². The van der Waals surface area contributed by atoms with Crippen LogP contribution in [0.25, 0.3) is 17.1 Å². The summed E-state index contributed by atoms with van der Waals surface area (Å²) in [5.41, 5.74) is 3.62. The second-order valence-electron chi connectivity index (χ2n) is 6.71. The normalized spacial score (nSPS) is 10.6. The molecule has 4 aromatic rings. The quantitative estimate of drug-likeness (QED) is 0.528. The molecule has 0 radical (unpaired) electrons. The first-order chi connectivity index (χ1) is 14.5. The molecule has 0 saturated carbocycles. The summed E-state index contributed by atoms with van der Waals surface area (Å²) in [6.07, 6.45) is 0. The lowest BCUT2D eigenvalue weighted by Crippen LogP contribution is -2.12. The van der Waals surface area contributed by atoms with Crippen molar-refractivity contribution in [2.24, 2.45) is 0 Å². The van der Waals surface area contributed by atoms with Crippen LogP contribution in [0.1, 0.15) is 15.9 Å². The molecule has 3 aromatic carbocycles. The molecule has 0 saturated heterocycles. The molecule has 6 nitrogen and oxygen atoms in total. The number of hydrogen-bond donors (Lipinski definition) is 1. The predicted molar refractivity (Wildman–Crippen MR) is 112 cm³/mol. The summed E-state index contributed by atoms with van der Waals surface area (Å²) < 4.78 is 20.1. The van der Waals surface area contributed by atoms with E-state index in [1.165, 1.54) is 19.2 Å². The lowest BCUT2D eigenvalue weighted by molar-refractivity contribution is 0.102. The molecule has 0 fully saturated rings. The number of benzene rings is 3. The van der Waals surface area contributed by atoms with E-state index in [0.29, 0.717) is 28.3 Å². The summed E-state index contributed by atoms with van der Waals surface area (Å²) in [5, 5.41) is 7.26. The molecule has 0 aliphatic heterocycles. The van der Waals surface area contributed by atoms with Gasteiger partial charge in [0.05, 0.1) is 12.8 Å². The van der Waals surface area contributed by atoms with E-state index in [0.717, 1.165) is 5.56 Å². The number of nitrogens with one attached hydrogen (secondary N) is 1. The van der Waals surface area contributed by atoms with Gasteiger partial charge in [0.2, 0.25) is 0 Å². The summed E-state index contributed by atoms with van der Waals surface area (Å²) >= 11 is 0. The standard InChI is InChI=1S/C23H19FN4O2/c1-15-6-8-17(9-7-15)22(29)25-19-4-3-5-20(14-19)28-21(26-23(27-28)30-2)16-10-12-18(24)13-11-16/h3-14H,1-2H3,(H,25,29). The number of hydrogen-bond acceptors (Lipinski definition) is 4. The first-order valence-electron chi connectivity index (χ1n) is 9.29. The van der Waals surface area contributed by atoms with Gasteiger partial charge in [-0.1, -0.05) is 23.8 Å². The van der Waals surface area contributed by atoms with Crippen molar-refractivity contribution in [1.82, 2.24) is 14.8 Å². The molecule has 1 N–H and O–H groups in total. The number of methoxy groups -OCH3 is 1. The second kappa shape index (κ2) is 8.16. The third kappa shape index (κ3) is 4.05. The number of carbonyl (C=O) groups excluding carboxylic acids is 1. The molecule has 0 atom stereocenters. The number of rotatable bonds is 5. The summed E-state index contributed by atoms with van der Waals surface area (Å²) in [7, 11) is 1.48. The summed E-state index contributed by atoms with van der Waals surface area (Å²) in [6.45, 7) is 1.97. The van der Waals surface area contributed by atoms with Crippen LogP contribution in [0, 0.1) is 12.7 Å². The van der Waals surface area contributed by atoms with Crippen LogP contribution in [0.15, 0.2) is 72.8 Å². The Bertz CT molecular complexity index is 1180. The number of aromatic nitrogens is 3. The Hall–Kier alpha value is -4.00. The van der Waals surface area contributed by atoms with Crippen LogP contribution < -0.4 is 10.1 Å². The zero-order valence-corrected chi connectivity index (χ0v) is 16.5. The highest BCUT2D eigenvalue weighted by atomic mass is 19.1. The van der Waals surface area contributed by atoms with Gasteiger partial charge in [-0.2, -0.15) is 4.98 Å². The highest BCUT2D eigenvalue weighted by Gasteiger charge is 2.15. The monoisotopic (exact) mass is 402 g/mol. The number of ether oxygens (including phenoxy) is 1. The molecule has 7 heteroatoms. The maximum atomic E-state index is 13.3. The molecule has 0 bridgehead atoms. The molecule has 1 amide bonds. The van der Waals surface area contributed by atoms with Crippen LogP contribution in [-0.4, -0.2) is 27.8 Å². The minimum absolute atomic E-state index is 0.184. The van der Waals surface area contributed by atoms with E-state index in [2.05, 4.69) is 15.4 Å². The van der Waals surface area contributed by atoms with Gasteiger partial charge in [-0.3, -0.25) is 4.79 Å². The van der Waals surface area contributed by atoms with Crippen molar-refractivity contribution in [1.29, 1.82) is 0 Å². The van der Waals surface area contributed by atoms with Gasteiger partial charge >= 0.3 is 6.01 Å². The maximum absolute atomic E-state index is 13.3. The topological polar surface area (TPSA) is 69.0 Å². The van der Waals surface area contributed by atoms with Crippen LogP contribution in [-0.2, 0) is 0 Å². The highest BCUT2D eigenvalue weighted by molar-refractivity contribution is 6.04. The van der Waals surface area contributed by atoms with Crippen LogP contribution in [0.5, 0.6) is 6.01 Å². The Morgan fingerprint density at radius 2 is 1.77 bits per heavy atom. The predicted octanol–water partition coefficient (Wildman–Crippen LogP) is 4.64. The fraction of sp³-hybridized carbons (Fsp3) is 0.0870. The Kier molecular flexibility index (Phi) is 5.26. The van der Waals surface area contributed by atoms with Crippen molar-refractivity contribution < 1.29 is 13.9 Å². The number of nitrogens with zero attached hydrogens (tertiary/aromatic N) is 3. The van der Waals surface area contributed by atoms with Gasteiger partial charge in [-0.15, -0.1) is 5.10 Å². The van der Waals surface area contributed by atoms with Gasteiger partial charge in [0, 0.05) is 16.8 Å². The summed E-state index contributed by atoms with van der Waals surface area (Å²) in [5.74, 6) is -0.0477. The number of amides is 1. The van der Waals surface area contributed by atoms with Gasteiger partial charge in [0.15, 0.2) is 5.82 Å². The van der Waals surface area contributed by atoms with E-state index in [4.69, 9.17) is 4.74 Å². The summed E-state index contributed by atoms with van der Waals surface area (Å²) in [6, 6.07) is 20.7. The van der Waals surface area contributed by atoms with E-state index in [-0.39, 0.29) is 17.7 Å². The van der Waals surface area contributed by atoms with Crippen molar-refractivity contribution in [3.8, 4) is 23.1 Å². The van der Waals surface area contributed by atoms with E-state index >= 15 is 0 Å². The Balaban J connectivity index is 1.67. The fourth-order valence-electron chi connectivity index (χ4n) is 2.97. The van der Waals surface area contributed by atoms with Gasteiger partial charge in [-0.25, -0.2) is 9.07 Å². The van der Waals surface area contributed by atoms with Gasteiger partial charge in [0.1, 0.15) is 5.82 Å². The second-order valence-corrected chi connectivity index (χ2v) is 6.71. The van der Waals surface area contributed by atoms with Crippen LogP contribution >= 0.6 is 0 Å². The Labute approximate surface area is 173 Å². The van der Waals surface area contributed by atoms with E-state index in [1.54, 1.807) is 41.1 Å². The minimum atomic E-state index is -0.336. The van der Waals surface area contributed by atoms with Crippen molar-refractivity contribution in [2.75, 3.05) is 12.4 Å². The van der Waals surface area contributed by atoms with Crippen molar-refractivity contribution in [2.45, 2.75) is 6.92 Å². The van der Waals surface area contributed by atoms with Gasteiger partial charge in [0.25, 0.3) is 5.91 Å². The maximum Gasteiger partial charge on any atom is 0.336 e. The third-order valence-corrected chi connectivity index (χ3v) is 4.54. The molecule has 0 unspecified atom stereocenters. The Morgan fingerprint density at radius 3 is 2.47 bits per heavy atom. The van der Waals surface area contributed by atoms with Crippen molar-refractivity contribution in [3.05, 3.63) is 89.7 Å².